The van der Waals surface area contributed by atoms with Crippen LogP contribution >= 0.6 is 0 Å². The summed E-state index contributed by atoms with van der Waals surface area (Å²) in [6.07, 6.45) is 3.91. The number of hydrogen-bond acceptors (Lipinski definition) is 3. The van der Waals surface area contributed by atoms with E-state index in [-0.39, 0.29) is 5.43 Å². The van der Waals surface area contributed by atoms with Crippen LogP contribution in [0.3, 0.4) is 0 Å². The highest BCUT2D eigenvalue weighted by Gasteiger charge is 2.17. The van der Waals surface area contributed by atoms with Crippen LogP contribution in [-0.4, -0.2) is 35.7 Å². The molecule has 0 radical (unpaired) electrons. The summed E-state index contributed by atoms with van der Waals surface area (Å²) in [5, 5.41) is 0.771. The van der Waals surface area contributed by atoms with E-state index in [4.69, 9.17) is 4.74 Å². The normalized spacial score (nSPS) is 18.7. The minimum absolute atomic E-state index is 0.0995. The molecule has 4 nitrogen and oxygen atoms in total. The molecule has 1 aromatic heterocycles. The summed E-state index contributed by atoms with van der Waals surface area (Å²) in [6, 6.07) is 7.73. The lowest BCUT2D eigenvalue weighted by molar-refractivity contribution is -0.00640. The SMILES string of the molecule is CCN(Cc1cc(=O)c2cc(C)ccc2[nH]1)C[C@H]1CCCCO1. The lowest BCUT2D eigenvalue weighted by Crippen LogP contribution is -2.35. The number of aryl methyl sites for hydroxylation is 1. The van der Waals surface area contributed by atoms with Crippen molar-refractivity contribution in [3.63, 3.8) is 0 Å². The second-order valence-electron chi connectivity index (χ2n) is 6.52. The van der Waals surface area contributed by atoms with Crippen LogP contribution in [-0.2, 0) is 11.3 Å². The van der Waals surface area contributed by atoms with Crippen molar-refractivity contribution in [1.82, 2.24) is 9.88 Å². The molecule has 1 aliphatic rings. The number of nitrogens with one attached hydrogen (secondary N) is 1. The first-order chi connectivity index (χ1) is 11.2. The molecule has 2 heterocycles. The maximum Gasteiger partial charge on any atom is 0.189 e. The zero-order valence-electron chi connectivity index (χ0n) is 14.1. The number of H-pyrrole nitrogens is 1. The Hall–Kier alpha value is -1.65. The lowest BCUT2D eigenvalue weighted by Gasteiger charge is -2.29. The molecule has 23 heavy (non-hydrogen) atoms. The first-order valence-electron chi connectivity index (χ1n) is 8.62. The van der Waals surface area contributed by atoms with Crippen molar-refractivity contribution in [3.05, 3.63) is 45.7 Å². The molecule has 2 aromatic rings. The Morgan fingerprint density at radius 3 is 2.91 bits per heavy atom. The summed E-state index contributed by atoms with van der Waals surface area (Å²) in [7, 11) is 0. The van der Waals surface area contributed by atoms with Gasteiger partial charge in [0.2, 0.25) is 0 Å². The molecule has 1 fully saturated rings. The van der Waals surface area contributed by atoms with Gasteiger partial charge in [-0.25, -0.2) is 0 Å². The van der Waals surface area contributed by atoms with Crippen molar-refractivity contribution < 1.29 is 4.74 Å². The largest absolute Gasteiger partial charge is 0.377 e. The highest BCUT2D eigenvalue weighted by atomic mass is 16.5. The van der Waals surface area contributed by atoms with E-state index in [1.54, 1.807) is 6.07 Å². The van der Waals surface area contributed by atoms with Gasteiger partial charge >= 0.3 is 0 Å². The van der Waals surface area contributed by atoms with Crippen molar-refractivity contribution in [3.8, 4) is 0 Å². The molecule has 0 amide bonds. The third-order valence-corrected chi connectivity index (χ3v) is 4.62. The van der Waals surface area contributed by atoms with Crippen molar-refractivity contribution >= 4 is 10.9 Å². The Balaban J connectivity index is 1.76. The molecule has 124 valence electrons. The molecular weight excluding hydrogens is 288 g/mol. The van der Waals surface area contributed by atoms with Gasteiger partial charge in [-0.3, -0.25) is 9.69 Å². The fourth-order valence-corrected chi connectivity index (χ4v) is 3.29. The molecule has 1 aromatic carbocycles. The fourth-order valence-electron chi connectivity index (χ4n) is 3.29. The van der Waals surface area contributed by atoms with Crippen LogP contribution in [0.25, 0.3) is 10.9 Å². The van der Waals surface area contributed by atoms with Crippen molar-refractivity contribution in [2.45, 2.75) is 45.8 Å². The van der Waals surface area contributed by atoms with Crippen LogP contribution in [0.15, 0.2) is 29.1 Å². The van der Waals surface area contributed by atoms with Crippen molar-refractivity contribution in [2.75, 3.05) is 19.7 Å². The van der Waals surface area contributed by atoms with E-state index in [0.29, 0.717) is 6.10 Å². The van der Waals surface area contributed by atoms with Crippen LogP contribution in [0.4, 0.5) is 0 Å². The predicted octanol–water partition coefficient (Wildman–Crippen LogP) is 3.23. The molecule has 0 spiro atoms. The van der Waals surface area contributed by atoms with Gasteiger partial charge in [-0.15, -0.1) is 0 Å². The monoisotopic (exact) mass is 314 g/mol. The molecule has 1 aliphatic heterocycles. The van der Waals surface area contributed by atoms with Gasteiger partial charge in [0.25, 0.3) is 0 Å². The predicted molar refractivity (Wildman–Crippen MR) is 93.8 cm³/mol. The zero-order chi connectivity index (χ0) is 16.2. The summed E-state index contributed by atoms with van der Waals surface area (Å²) in [6.45, 7) is 7.70. The number of fused-ring (bicyclic) bond motifs is 1. The quantitative estimate of drug-likeness (QED) is 0.921. The lowest BCUT2D eigenvalue weighted by atomic mass is 10.1. The number of hydrogen-bond donors (Lipinski definition) is 1. The first-order valence-corrected chi connectivity index (χ1v) is 8.62. The van der Waals surface area contributed by atoms with E-state index < -0.39 is 0 Å². The number of pyridine rings is 1. The summed E-state index contributed by atoms with van der Waals surface area (Å²) in [5.41, 5.74) is 3.11. The van der Waals surface area contributed by atoms with Gasteiger partial charge in [-0.2, -0.15) is 0 Å². The van der Waals surface area contributed by atoms with Gasteiger partial charge in [-0.1, -0.05) is 18.6 Å². The van der Waals surface area contributed by atoms with E-state index in [9.17, 15) is 4.79 Å². The third-order valence-electron chi connectivity index (χ3n) is 4.62. The Morgan fingerprint density at radius 2 is 2.17 bits per heavy atom. The summed E-state index contributed by atoms with van der Waals surface area (Å²) < 4.78 is 5.84. The molecular formula is C19H26N2O2. The number of rotatable bonds is 5. The van der Waals surface area contributed by atoms with Crippen molar-refractivity contribution in [2.24, 2.45) is 0 Å². The Morgan fingerprint density at radius 1 is 1.30 bits per heavy atom. The van der Waals surface area contributed by atoms with Crippen LogP contribution in [0.5, 0.6) is 0 Å². The molecule has 0 aliphatic carbocycles. The topological polar surface area (TPSA) is 45.3 Å². The number of aromatic amines is 1. The summed E-state index contributed by atoms with van der Waals surface area (Å²) >= 11 is 0. The van der Waals surface area contributed by atoms with E-state index in [1.807, 2.05) is 25.1 Å². The average Bonchev–Trinajstić information content (AvgIpc) is 2.56. The number of likely N-dealkylation sites (N-methyl/N-ethyl adjacent to an activating group) is 1. The van der Waals surface area contributed by atoms with Crippen LogP contribution in [0.2, 0.25) is 0 Å². The van der Waals surface area contributed by atoms with E-state index in [0.717, 1.165) is 54.8 Å². The van der Waals surface area contributed by atoms with Gasteiger partial charge < -0.3 is 9.72 Å². The smallest absolute Gasteiger partial charge is 0.189 e. The van der Waals surface area contributed by atoms with Gasteiger partial charge in [0.05, 0.1) is 6.10 Å². The molecule has 1 atom stereocenters. The maximum absolute atomic E-state index is 12.3. The first kappa shape index (κ1) is 16.2. The molecule has 0 bridgehead atoms. The van der Waals surface area contributed by atoms with Gasteiger partial charge in [0.15, 0.2) is 5.43 Å². The fraction of sp³-hybridized carbons (Fsp3) is 0.526. The maximum atomic E-state index is 12.3. The zero-order valence-corrected chi connectivity index (χ0v) is 14.1. The highest BCUT2D eigenvalue weighted by molar-refractivity contribution is 5.79. The molecule has 4 heteroatoms. The Kier molecular flexibility index (Phi) is 5.13. The number of aromatic nitrogens is 1. The second-order valence-corrected chi connectivity index (χ2v) is 6.52. The average molecular weight is 314 g/mol. The van der Waals surface area contributed by atoms with E-state index in [2.05, 4.69) is 16.8 Å². The Bertz CT molecular complexity index is 717. The summed E-state index contributed by atoms with van der Waals surface area (Å²) in [4.78, 5) is 18.1. The summed E-state index contributed by atoms with van der Waals surface area (Å²) in [5.74, 6) is 0. The minimum atomic E-state index is 0.0995. The number of benzene rings is 1. The molecule has 1 N–H and O–H groups in total. The molecule has 0 unspecified atom stereocenters. The van der Waals surface area contributed by atoms with E-state index in [1.165, 1.54) is 12.8 Å². The standard InChI is InChI=1S/C19H26N2O2/c1-3-21(13-16-6-4-5-9-23-16)12-15-11-19(22)17-10-14(2)7-8-18(17)20-15/h7-8,10-11,16H,3-6,9,12-13H2,1-2H3,(H,20,22)/t16-/m1/s1. The second kappa shape index (κ2) is 7.28. The molecule has 1 saturated heterocycles. The van der Waals surface area contributed by atoms with Crippen LogP contribution < -0.4 is 5.43 Å². The van der Waals surface area contributed by atoms with Crippen molar-refractivity contribution in [1.29, 1.82) is 0 Å². The molecule has 3 rings (SSSR count). The minimum Gasteiger partial charge on any atom is -0.377 e. The third kappa shape index (κ3) is 4.01. The number of ether oxygens (including phenoxy) is 1. The van der Waals surface area contributed by atoms with Gasteiger partial charge in [0.1, 0.15) is 0 Å². The molecule has 0 saturated carbocycles. The highest BCUT2D eigenvalue weighted by Crippen LogP contribution is 2.16. The van der Waals surface area contributed by atoms with Gasteiger partial charge in [-0.05, 0) is 44.9 Å². The van der Waals surface area contributed by atoms with E-state index >= 15 is 0 Å². The number of nitrogens with zero attached hydrogens (tertiary/aromatic N) is 1. The van der Waals surface area contributed by atoms with Crippen LogP contribution in [0.1, 0.15) is 37.4 Å². The van der Waals surface area contributed by atoms with Crippen LogP contribution in [0, 0.1) is 6.92 Å². The Labute approximate surface area is 137 Å². The van der Waals surface area contributed by atoms with Gasteiger partial charge in [0, 0.05) is 42.4 Å².